The maximum absolute atomic E-state index is 12.9. The van der Waals surface area contributed by atoms with Crippen LogP contribution in [-0.4, -0.2) is 73.4 Å². The highest BCUT2D eigenvalue weighted by atomic mass is 31.2. The first-order chi connectivity index (χ1) is 33.5. The Kier molecular flexibility index (Phi) is 49.8. The average Bonchev–Trinajstić information content (AvgIpc) is 3.31. The standard InChI is InChI=1S/C60H113N2O6P/c1-6-8-10-12-14-16-17-18-19-20-21-22-23-24-25-26-27-28-29-30-31-32-33-34-35-36-37-38-39-40-41-42-43-44-45-46-48-50-52-54-60(64)61-58(57-68-69(65,66)67-56-55-62(3,4)5)59(63)53-51-49-47-15-13-11-9-7-2/h8,10,14,16,18-19,21-22,51,53,58-59,63H,6-7,9,11-13,15,17,20,23-50,52,54-57H2,1-5H3,(H-,61,64,65,66)/p+1/b10-8-,16-14-,19-18-,22-21-,53-51+. The average molecular weight is 991 g/mol. The van der Waals surface area contributed by atoms with E-state index in [0.717, 1.165) is 64.2 Å². The van der Waals surface area contributed by atoms with Crippen molar-refractivity contribution in [1.82, 2.24) is 5.32 Å². The van der Waals surface area contributed by atoms with Crippen LogP contribution in [0.5, 0.6) is 0 Å². The highest BCUT2D eigenvalue weighted by Crippen LogP contribution is 2.43. The second-order valence-electron chi connectivity index (χ2n) is 21.0. The van der Waals surface area contributed by atoms with E-state index in [2.05, 4.69) is 67.8 Å². The van der Waals surface area contributed by atoms with Gasteiger partial charge in [0.15, 0.2) is 0 Å². The summed E-state index contributed by atoms with van der Waals surface area (Å²) in [5.41, 5.74) is 0. The highest BCUT2D eigenvalue weighted by molar-refractivity contribution is 7.47. The zero-order valence-corrected chi connectivity index (χ0v) is 46.9. The monoisotopic (exact) mass is 990 g/mol. The molecule has 9 heteroatoms. The summed E-state index contributed by atoms with van der Waals surface area (Å²) in [6, 6.07) is -0.842. The molecule has 0 aliphatic heterocycles. The van der Waals surface area contributed by atoms with Gasteiger partial charge in [-0.3, -0.25) is 13.8 Å². The number of amides is 1. The van der Waals surface area contributed by atoms with E-state index in [0.29, 0.717) is 17.4 Å². The molecule has 0 saturated carbocycles. The fraction of sp³-hybridized carbons (Fsp3) is 0.817. The molecule has 0 aromatic carbocycles. The summed E-state index contributed by atoms with van der Waals surface area (Å²) in [7, 11) is 1.58. The van der Waals surface area contributed by atoms with Crippen LogP contribution in [0.25, 0.3) is 0 Å². The van der Waals surface area contributed by atoms with E-state index in [1.807, 2.05) is 27.2 Å². The van der Waals surface area contributed by atoms with Crippen LogP contribution in [0.1, 0.15) is 264 Å². The number of hydrogen-bond donors (Lipinski definition) is 3. The number of nitrogens with one attached hydrogen (secondary N) is 1. The van der Waals surface area contributed by atoms with E-state index in [9.17, 15) is 19.4 Å². The van der Waals surface area contributed by atoms with Crippen molar-refractivity contribution in [3.8, 4) is 0 Å². The number of likely N-dealkylation sites (N-methyl/N-ethyl adjacent to an activating group) is 1. The largest absolute Gasteiger partial charge is 0.472 e. The van der Waals surface area contributed by atoms with Crippen LogP contribution < -0.4 is 5.32 Å². The number of unbranched alkanes of at least 4 members (excludes halogenated alkanes) is 32. The Labute approximate surface area is 428 Å². The minimum Gasteiger partial charge on any atom is -0.387 e. The third-order valence-electron chi connectivity index (χ3n) is 13.0. The summed E-state index contributed by atoms with van der Waals surface area (Å²) >= 11 is 0. The smallest absolute Gasteiger partial charge is 0.387 e. The second kappa shape index (κ2) is 51.1. The van der Waals surface area contributed by atoms with E-state index in [1.54, 1.807) is 6.08 Å². The van der Waals surface area contributed by atoms with Gasteiger partial charge in [0.1, 0.15) is 13.2 Å². The molecular formula is C60H114N2O6P+. The van der Waals surface area contributed by atoms with Crippen LogP contribution in [0.2, 0.25) is 0 Å². The lowest BCUT2D eigenvalue weighted by Crippen LogP contribution is -2.45. The van der Waals surface area contributed by atoms with Gasteiger partial charge in [-0.1, -0.05) is 261 Å². The lowest BCUT2D eigenvalue weighted by atomic mass is 10.0. The molecule has 8 nitrogen and oxygen atoms in total. The molecule has 0 spiro atoms. The molecule has 3 atom stereocenters. The number of carbonyl (C=O) groups is 1. The van der Waals surface area contributed by atoms with Gasteiger partial charge in [-0.05, 0) is 57.8 Å². The van der Waals surface area contributed by atoms with Gasteiger partial charge in [0.25, 0.3) is 0 Å². The number of hydrogen-bond acceptors (Lipinski definition) is 5. The molecule has 0 saturated heterocycles. The third-order valence-corrected chi connectivity index (χ3v) is 14.0. The number of aliphatic hydroxyl groups is 1. The SMILES string of the molecule is CC/C=C\C/C=C\C/C=C\C/C=C\CCCCCCCCCCCCCCCCCCCCCCCCCCCCC(=O)NC(COP(=O)(O)OCC[N+](C)(C)C)C(O)/C=C/CCCCCCCC. The first kappa shape index (κ1) is 67.2. The molecule has 1 amide bonds. The topological polar surface area (TPSA) is 105 Å². The number of aliphatic hydroxyl groups excluding tert-OH is 1. The summed E-state index contributed by atoms with van der Waals surface area (Å²) in [6.45, 7) is 4.67. The number of allylic oxidation sites excluding steroid dienone is 9. The number of nitrogens with zero attached hydrogens (tertiary/aromatic N) is 1. The molecule has 404 valence electrons. The first-order valence-electron chi connectivity index (χ1n) is 29.2. The van der Waals surface area contributed by atoms with Crippen LogP contribution in [-0.2, 0) is 18.4 Å². The summed E-state index contributed by atoms with van der Waals surface area (Å²) in [6.07, 6.45) is 69.5. The van der Waals surface area contributed by atoms with Crippen molar-refractivity contribution in [3.63, 3.8) is 0 Å². The third kappa shape index (κ3) is 53.8. The van der Waals surface area contributed by atoms with Crippen LogP contribution >= 0.6 is 7.82 Å². The zero-order chi connectivity index (χ0) is 50.6. The molecule has 0 aliphatic rings. The Morgan fingerprint density at radius 2 is 0.870 bits per heavy atom. The van der Waals surface area contributed by atoms with Crippen LogP contribution in [0.15, 0.2) is 60.8 Å². The van der Waals surface area contributed by atoms with Gasteiger partial charge in [-0.15, -0.1) is 0 Å². The molecular weight excluding hydrogens is 876 g/mol. The molecule has 0 aromatic rings. The predicted octanol–water partition coefficient (Wildman–Crippen LogP) is 17.7. The van der Waals surface area contributed by atoms with Gasteiger partial charge in [0.05, 0.1) is 39.9 Å². The van der Waals surface area contributed by atoms with E-state index < -0.39 is 20.0 Å². The Hall–Kier alpha value is -1.80. The fourth-order valence-electron chi connectivity index (χ4n) is 8.45. The van der Waals surface area contributed by atoms with E-state index in [-0.39, 0.29) is 19.1 Å². The molecule has 0 fully saturated rings. The molecule has 69 heavy (non-hydrogen) atoms. The lowest BCUT2D eigenvalue weighted by Gasteiger charge is -2.25. The van der Waals surface area contributed by atoms with Crippen molar-refractivity contribution < 1.29 is 32.9 Å². The summed E-state index contributed by atoms with van der Waals surface area (Å²) < 4.78 is 23.5. The fourth-order valence-corrected chi connectivity index (χ4v) is 9.18. The number of rotatable bonds is 53. The van der Waals surface area contributed by atoms with Crippen LogP contribution in [0.3, 0.4) is 0 Å². The van der Waals surface area contributed by atoms with Crippen molar-refractivity contribution >= 4 is 13.7 Å². The van der Waals surface area contributed by atoms with E-state index in [1.165, 1.54) is 180 Å². The van der Waals surface area contributed by atoms with Gasteiger partial charge in [0.2, 0.25) is 5.91 Å². The van der Waals surface area contributed by atoms with Crippen LogP contribution in [0, 0.1) is 0 Å². The normalized spacial score (nSPS) is 14.4. The quantitative estimate of drug-likeness (QED) is 0.0243. The summed E-state index contributed by atoms with van der Waals surface area (Å²) in [5, 5.41) is 13.8. The zero-order valence-electron chi connectivity index (χ0n) is 46.0. The van der Waals surface area contributed by atoms with E-state index >= 15 is 0 Å². The highest BCUT2D eigenvalue weighted by Gasteiger charge is 2.27. The minimum absolute atomic E-state index is 0.0620. The summed E-state index contributed by atoms with van der Waals surface area (Å²) in [4.78, 5) is 23.1. The molecule has 3 N–H and O–H groups in total. The Bertz CT molecular complexity index is 1310. The van der Waals surface area contributed by atoms with Gasteiger partial charge in [-0.2, -0.15) is 0 Å². The maximum atomic E-state index is 12.9. The van der Waals surface area contributed by atoms with Crippen molar-refractivity contribution in [3.05, 3.63) is 60.8 Å². The van der Waals surface area contributed by atoms with Gasteiger partial charge >= 0.3 is 7.82 Å². The Morgan fingerprint density at radius 1 is 0.507 bits per heavy atom. The molecule has 0 aliphatic carbocycles. The first-order valence-corrected chi connectivity index (χ1v) is 30.7. The minimum atomic E-state index is -4.33. The van der Waals surface area contributed by atoms with Crippen molar-refractivity contribution in [2.75, 3.05) is 40.9 Å². The molecule has 0 rings (SSSR count). The molecule has 0 heterocycles. The summed E-state index contributed by atoms with van der Waals surface area (Å²) in [5.74, 6) is -0.177. The predicted molar refractivity (Wildman–Crippen MR) is 300 cm³/mol. The lowest BCUT2D eigenvalue weighted by molar-refractivity contribution is -0.870. The molecule has 0 bridgehead atoms. The van der Waals surface area contributed by atoms with Crippen LogP contribution in [0.4, 0.5) is 0 Å². The van der Waals surface area contributed by atoms with E-state index in [4.69, 9.17) is 9.05 Å². The Morgan fingerprint density at radius 3 is 1.28 bits per heavy atom. The van der Waals surface area contributed by atoms with Crippen molar-refractivity contribution in [1.29, 1.82) is 0 Å². The van der Waals surface area contributed by atoms with Gasteiger partial charge in [-0.25, -0.2) is 4.57 Å². The molecule has 3 unspecified atom stereocenters. The van der Waals surface area contributed by atoms with Gasteiger partial charge < -0.3 is 19.8 Å². The van der Waals surface area contributed by atoms with Crippen molar-refractivity contribution in [2.24, 2.45) is 0 Å². The Balaban J connectivity index is 3.77. The molecule has 0 aromatic heterocycles. The molecule has 0 radical (unpaired) electrons. The maximum Gasteiger partial charge on any atom is 0.472 e. The number of phosphoric acid groups is 1. The van der Waals surface area contributed by atoms with Crippen molar-refractivity contribution in [2.45, 2.75) is 276 Å². The van der Waals surface area contributed by atoms with Gasteiger partial charge in [0, 0.05) is 6.42 Å². The number of quaternary nitrogens is 1. The second-order valence-corrected chi connectivity index (χ2v) is 22.4. The number of carbonyl (C=O) groups excluding carboxylic acids is 1. The number of phosphoric ester groups is 1.